The van der Waals surface area contributed by atoms with Crippen molar-refractivity contribution in [1.29, 1.82) is 0 Å². The number of alkyl halides is 1. The maximum atomic E-state index is 12.7. The van der Waals surface area contributed by atoms with Crippen molar-refractivity contribution in [1.82, 2.24) is 10.2 Å². The first-order valence-corrected chi connectivity index (χ1v) is 9.06. The Morgan fingerprint density at radius 3 is 2.56 bits per heavy atom. The van der Waals surface area contributed by atoms with Crippen molar-refractivity contribution in [3.05, 3.63) is 41.1 Å². The molecule has 146 valence electrons. The van der Waals surface area contributed by atoms with Crippen LogP contribution in [-0.4, -0.2) is 41.3 Å². The second-order valence-electron chi connectivity index (χ2n) is 6.63. The third-order valence-corrected chi connectivity index (χ3v) is 4.36. The molecule has 1 aromatic carbocycles. The highest BCUT2D eigenvalue weighted by atomic mass is 35.5. The first-order chi connectivity index (χ1) is 12.6. The van der Waals surface area contributed by atoms with Crippen LogP contribution in [0.1, 0.15) is 39.3 Å². The van der Waals surface area contributed by atoms with Gasteiger partial charge in [-0.15, -0.1) is 11.6 Å². The predicted octanol–water partition coefficient (Wildman–Crippen LogP) is 3.17. The van der Waals surface area contributed by atoms with Crippen LogP contribution in [0.15, 0.2) is 35.5 Å². The minimum atomic E-state index is -0.690. The molecule has 7 nitrogen and oxygen atoms in total. The first-order valence-electron chi connectivity index (χ1n) is 8.62. The fourth-order valence-corrected chi connectivity index (χ4v) is 2.72. The number of hydrogen-bond acceptors (Lipinski definition) is 4. The number of nitrogens with one attached hydrogen (secondary N) is 2. The summed E-state index contributed by atoms with van der Waals surface area (Å²) in [5.41, 5.74) is 2.03. The SMILES string of the molecule is CC1=C(C(=O)OC(C)C)[C@@H](c2cccc(NC(=O)[C@@H](C)Cl)c2)NC(=O)N1C. The van der Waals surface area contributed by atoms with Gasteiger partial charge in [0, 0.05) is 18.4 Å². The van der Waals surface area contributed by atoms with E-state index in [2.05, 4.69) is 10.6 Å². The summed E-state index contributed by atoms with van der Waals surface area (Å²) >= 11 is 5.79. The summed E-state index contributed by atoms with van der Waals surface area (Å²) in [4.78, 5) is 38.1. The van der Waals surface area contributed by atoms with Crippen LogP contribution in [0, 0.1) is 0 Å². The predicted molar refractivity (Wildman–Crippen MR) is 103 cm³/mol. The number of ether oxygens (including phenoxy) is 1. The fraction of sp³-hybridized carbons (Fsp3) is 0.421. The molecule has 2 rings (SSSR count). The van der Waals surface area contributed by atoms with Crippen LogP contribution >= 0.6 is 11.6 Å². The summed E-state index contributed by atoms with van der Waals surface area (Å²) in [5, 5.41) is 4.83. The lowest BCUT2D eigenvalue weighted by Crippen LogP contribution is -2.46. The Balaban J connectivity index is 2.43. The largest absolute Gasteiger partial charge is 0.459 e. The monoisotopic (exact) mass is 393 g/mol. The maximum Gasteiger partial charge on any atom is 0.338 e. The average Bonchev–Trinajstić information content (AvgIpc) is 2.58. The van der Waals surface area contributed by atoms with Crippen molar-refractivity contribution in [3.63, 3.8) is 0 Å². The topological polar surface area (TPSA) is 87.7 Å². The van der Waals surface area contributed by atoms with Crippen molar-refractivity contribution < 1.29 is 19.1 Å². The molecule has 0 radical (unpaired) electrons. The van der Waals surface area contributed by atoms with Gasteiger partial charge in [-0.25, -0.2) is 9.59 Å². The van der Waals surface area contributed by atoms with E-state index in [-0.39, 0.29) is 18.0 Å². The lowest BCUT2D eigenvalue weighted by atomic mass is 9.94. The van der Waals surface area contributed by atoms with Crippen molar-refractivity contribution in [2.24, 2.45) is 0 Å². The zero-order chi connectivity index (χ0) is 20.3. The molecule has 0 bridgehead atoms. The van der Waals surface area contributed by atoms with Crippen LogP contribution in [0.3, 0.4) is 0 Å². The number of carbonyl (C=O) groups excluding carboxylic acids is 3. The van der Waals surface area contributed by atoms with Gasteiger partial charge in [0.05, 0.1) is 17.7 Å². The molecular formula is C19H24ClN3O4. The molecule has 1 heterocycles. The molecule has 27 heavy (non-hydrogen) atoms. The Labute approximate surface area is 163 Å². The number of hydrogen-bond donors (Lipinski definition) is 2. The number of amides is 3. The second kappa shape index (κ2) is 8.43. The molecule has 1 aliphatic heterocycles. The number of nitrogens with zero attached hydrogens (tertiary/aromatic N) is 1. The van der Waals surface area contributed by atoms with Crippen molar-refractivity contribution in [2.45, 2.75) is 45.2 Å². The number of anilines is 1. The van der Waals surface area contributed by atoms with Crippen LogP contribution in [0.25, 0.3) is 0 Å². The number of carbonyl (C=O) groups is 3. The van der Waals surface area contributed by atoms with Crippen LogP contribution < -0.4 is 10.6 Å². The van der Waals surface area contributed by atoms with Crippen LogP contribution in [0.4, 0.5) is 10.5 Å². The molecule has 0 saturated carbocycles. The summed E-state index contributed by atoms with van der Waals surface area (Å²) in [6.07, 6.45) is -0.294. The zero-order valence-corrected chi connectivity index (χ0v) is 16.8. The number of benzene rings is 1. The normalized spacial score (nSPS) is 18.3. The molecule has 0 fully saturated rings. The van der Waals surface area contributed by atoms with E-state index in [1.165, 1.54) is 4.90 Å². The molecule has 2 N–H and O–H groups in total. The van der Waals surface area contributed by atoms with Gasteiger partial charge in [0.15, 0.2) is 0 Å². The lowest BCUT2D eigenvalue weighted by Gasteiger charge is -2.33. The van der Waals surface area contributed by atoms with Crippen molar-refractivity contribution >= 4 is 35.2 Å². The van der Waals surface area contributed by atoms with Gasteiger partial charge in [-0.2, -0.15) is 0 Å². The highest BCUT2D eigenvalue weighted by molar-refractivity contribution is 6.32. The van der Waals surface area contributed by atoms with Crippen LogP contribution in [-0.2, 0) is 14.3 Å². The van der Waals surface area contributed by atoms with Gasteiger partial charge in [-0.3, -0.25) is 4.79 Å². The molecule has 1 aromatic rings. The lowest BCUT2D eigenvalue weighted by molar-refractivity contribution is -0.143. The molecule has 1 aliphatic rings. The van der Waals surface area contributed by atoms with E-state index in [1.807, 2.05) is 0 Å². The van der Waals surface area contributed by atoms with E-state index in [0.29, 0.717) is 22.5 Å². The van der Waals surface area contributed by atoms with Gasteiger partial charge in [-0.1, -0.05) is 12.1 Å². The van der Waals surface area contributed by atoms with Crippen molar-refractivity contribution in [3.8, 4) is 0 Å². The van der Waals surface area contributed by atoms with E-state index >= 15 is 0 Å². The van der Waals surface area contributed by atoms with Crippen LogP contribution in [0.5, 0.6) is 0 Å². The van der Waals surface area contributed by atoms with Gasteiger partial charge in [-0.05, 0) is 45.4 Å². The van der Waals surface area contributed by atoms with Gasteiger partial charge in [0.1, 0.15) is 5.38 Å². The van der Waals surface area contributed by atoms with Gasteiger partial charge < -0.3 is 20.3 Å². The maximum absolute atomic E-state index is 12.7. The Hall–Kier alpha value is -2.54. The average molecular weight is 394 g/mol. The Morgan fingerprint density at radius 1 is 1.30 bits per heavy atom. The summed E-state index contributed by atoms with van der Waals surface area (Å²) in [5.74, 6) is -0.837. The summed E-state index contributed by atoms with van der Waals surface area (Å²) in [6, 6.07) is 5.89. The fourth-order valence-electron chi connectivity index (χ4n) is 2.67. The molecule has 2 atom stereocenters. The van der Waals surface area contributed by atoms with E-state index < -0.39 is 17.4 Å². The third-order valence-electron chi connectivity index (χ3n) is 4.17. The summed E-state index contributed by atoms with van der Waals surface area (Å²) < 4.78 is 5.36. The third kappa shape index (κ3) is 4.80. The van der Waals surface area contributed by atoms with E-state index in [4.69, 9.17) is 16.3 Å². The summed E-state index contributed by atoms with van der Waals surface area (Å²) in [6.45, 7) is 6.79. The molecule has 0 aromatic heterocycles. The van der Waals surface area contributed by atoms with E-state index in [0.717, 1.165) is 0 Å². The van der Waals surface area contributed by atoms with E-state index in [1.54, 1.807) is 59.0 Å². The molecule has 0 saturated heterocycles. The quantitative estimate of drug-likeness (QED) is 0.594. The number of rotatable bonds is 5. The second-order valence-corrected chi connectivity index (χ2v) is 7.28. The minimum absolute atomic E-state index is 0.294. The standard InChI is InChI=1S/C19H24ClN3O4/c1-10(2)27-18(25)15-12(4)23(5)19(26)22-16(15)13-7-6-8-14(9-13)21-17(24)11(3)20/h6-11,16H,1-5H3,(H,21,24)(H,22,26)/t11-,16-/m1/s1. The van der Waals surface area contributed by atoms with Gasteiger partial charge in [0.2, 0.25) is 5.91 Å². The van der Waals surface area contributed by atoms with Gasteiger partial charge >= 0.3 is 12.0 Å². The number of halogens is 1. The van der Waals surface area contributed by atoms with E-state index in [9.17, 15) is 14.4 Å². The number of esters is 1. The van der Waals surface area contributed by atoms with Gasteiger partial charge in [0.25, 0.3) is 0 Å². The first kappa shape index (κ1) is 20.8. The minimum Gasteiger partial charge on any atom is -0.459 e. The Morgan fingerprint density at radius 2 is 1.96 bits per heavy atom. The van der Waals surface area contributed by atoms with Crippen LogP contribution in [0.2, 0.25) is 0 Å². The summed E-state index contributed by atoms with van der Waals surface area (Å²) in [7, 11) is 1.59. The highest BCUT2D eigenvalue weighted by Crippen LogP contribution is 2.32. The highest BCUT2D eigenvalue weighted by Gasteiger charge is 2.35. The molecule has 0 unspecified atom stereocenters. The smallest absolute Gasteiger partial charge is 0.338 e. The number of allylic oxidation sites excluding steroid dienone is 1. The Bertz CT molecular complexity index is 789. The van der Waals surface area contributed by atoms with Crippen molar-refractivity contribution in [2.75, 3.05) is 12.4 Å². The molecule has 0 spiro atoms. The molecular weight excluding hydrogens is 370 g/mol. The molecule has 0 aliphatic carbocycles. The molecule has 3 amide bonds. The molecule has 8 heteroatoms. The Kier molecular flexibility index (Phi) is 6.49. The number of urea groups is 1. The zero-order valence-electron chi connectivity index (χ0n) is 16.0.